The summed E-state index contributed by atoms with van der Waals surface area (Å²) in [6, 6.07) is -1.22. The summed E-state index contributed by atoms with van der Waals surface area (Å²) in [6.07, 6.45) is 0. The Bertz CT molecular complexity index is 477. The SMILES string of the molecule is CC(N)c1nc(C(=O)N[C@H](C(=O)O)C(C)(C)C)cs1. The molecule has 0 aliphatic heterocycles. The number of carboxylic acid groups (broad SMARTS) is 1. The Hall–Kier alpha value is -1.47. The Morgan fingerprint density at radius 1 is 1.47 bits per heavy atom. The number of carbonyl (C=O) groups is 2. The molecular formula is C12H19N3O3S. The standard InChI is InChI=1S/C12H19N3O3S/c1-6(13)10-14-7(5-19-10)9(16)15-8(11(17)18)12(2,3)4/h5-6,8H,13H2,1-4H3,(H,15,16)(H,17,18)/t6?,8-/m1/s1. The average Bonchev–Trinajstić information content (AvgIpc) is 2.72. The molecule has 0 fully saturated rings. The van der Waals surface area contributed by atoms with Gasteiger partial charge in [0.2, 0.25) is 0 Å². The zero-order chi connectivity index (χ0) is 14.8. The summed E-state index contributed by atoms with van der Waals surface area (Å²) in [4.78, 5) is 27.2. The topological polar surface area (TPSA) is 105 Å². The minimum absolute atomic E-state index is 0.202. The summed E-state index contributed by atoms with van der Waals surface area (Å²) in [6.45, 7) is 7.03. The number of carboxylic acids is 1. The van der Waals surface area contributed by atoms with Crippen LogP contribution in [-0.4, -0.2) is 28.0 Å². The summed E-state index contributed by atoms with van der Waals surface area (Å²) < 4.78 is 0. The van der Waals surface area contributed by atoms with Crippen LogP contribution in [0.25, 0.3) is 0 Å². The van der Waals surface area contributed by atoms with Crippen molar-refractivity contribution in [3.05, 3.63) is 16.1 Å². The van der Waals surface area contributed by atoms with E-state index in [4.69, 9.17) is 10.8 Å². The molecule has 0 aliphatic rings. The number of thiazole rings is 1. The highest BCUT2D eigenvalue weighted by Gasteiger charge is 2.33. The van der Waals surface area contributed by atoms with E-state index in [1.54, 1.807) is 33.1 Å². The van der Waals surface area contributed by atoms with Crippen LogP contribution >= 0.6 is 11.3 Å². The maximum absolute atomic E-state index is 12.0. The highest BCUT2D eigenvalue weighted by atomic mass is 32.1. The molecule has 1 aromatic rings. The lowest BCUT2D eigenvalue weighted by Crippen LogP contribution is -2.49. The van der Waals surface area contributed by atoms with E-state index in [1.165, 1.54) is 11.3 Å². The van der Waals surface area contributed by atoms with Crippen LogP contribution in [0.2, 0.25) is 0 Å². The molecule has 1 aromatic heterocycles. The summed E-state index contributed by atoms with van der Waals surface area (Å²) >= 11 is 1.28. The molecule has 0 bridgehead atoms. The van der Waals surface area contributed by atoms with Crippen molar-refractivity contribution in [2.45, 2.75) is 39.8 Å². The predicted octanol–water partition coefficient (Wildman–Crippen LogP) is 1.39. The van der Waals surface area contributed by atoms with Gasteiger partial charge in [0.15, 0.2) is 0 Å². The van der Waals surface area contributed by atoms with E-state index < -0.39 is 23.3 Å². The predicted molar refractivity (Wildman–Crippen MR) is 73.1 cm³/mol. The summed E-state index contributed by atoms with van der Waals surface area (Å²) in [7, 11) is 0. The maximum Gasteiger partial charge on any atom is 0.326 e. The summed E-state index contributed by atoms with van der Waals surface area (Å²) in [5, 5.41) is 13.9. The lowest BCUT2D eigenvalue weighted by molar-refractivity contribution is -0.142. The molecular weight excluding hydrogens is 266 g/mol. The third kappa shape index (κ3) is 4.00. The van der Waals surface area contributed by atoms with E-state index in [0.29, 0.717) is 5.01 Å². The van der Waals surface area contributed by atoms with Crippen LogP contribution in [0.15, 0.2) is 5.38 Å². The van der Waals surface area contributed by atoms with Gasteiger partial charge in [-0.2, -0.15) is 0 Å². The maximum atomic E-state index is 12.0. The average molecular weight is 285 g/mol. The van der Waals surface area contributed by atoms with Gasteiger partial charge in [0.05, 0.1) is 6.04 Å². The number of carbonyl (C=O) groups excluding carboxylic acids is 1. The second-order valence-corrected chi connectivity index (χ2v) is 6.36. The van der Waals surface area contributed by atoms with Gasteiger partial charge in [-0.15, -0.1) is 11.3 Å². The van der Waals surface area contributed by atoms with Gasteiger partial charge in [0.25, 0.3) is 5.91 Å². The summed E-state index contributed by atoms with van der Waals surface area (Å²) in [5.41, 5.74) is 5.29. The van der Waals surface area contributed by atoms with E-state index in [1.807, 2.05) is 0 Å². The van der Waals surface area contributed by atoms with Crippen molar-refractivity contribution in [3.63, 3.8) is 0 Å². The molecule has 1 amide bonds. The largest absolute Gasteiger partial charge is 0.480 e. The first-order valence-electron chi connectivity index (χ1n) is 5.87. The highest BCUT2D eigenvalue weighted by molar-refractivity contribution is 7.09. The van der Waals surface area contributed by atoms with Crippen molar-refractivity contribution in [1.29, 1.82) is 0 Å². The summed E-state index contributed by atoms with van der Waals surface area (Å²) in [5.74, 6) is -1.56. The Morgan fingerprint density at radius 2 is 2.05 bits per heavy atom. The molecule has 0 saturated heterocycles. The fourth-order valence-corrected chi connectivity index (χ4v) is 2.21. The quantitative estimate of drug-likeness (QED) is 0.775. The lowest BCUT2D eigenvalue weighted by atomic mass is 9.87. The van der Waals surface area contributed by atoms with Gasteiger partial charge in [-0.05, 0) is 12.3 Å². The number of aromatic nitrogens is 1. The number of nitrogens with one attached hydrogen (secondary N) is 1. The molecule has 4 N–H and O–H groups in total. The van der Waals surface area contributed by atoms with E-state index in [9.17, 15) is 9.59 Å². The van der Waals surface area contributed by atoms with Gasteiger partial charge < -0.3 is 16.2 Å². The number of rotatable bonds is 4. The van der Waals surface area contributed by atoms with Crippen molar-refractivity contribution in [1.82, 2.24) is 10.3 Å². The molecule has 1 rings (SSSR count). The van der Waals surface area contributed by atoms with Gasteiger partial charge in [0.1, 0.15) is 16.7 Å². The van der Waals surface area contributed by atoms with Crippen LogP contribution in [0.5, 0.6) is 0 Å². The molecule has 7 heteroatoms. The molecule has 2 atom stereocenters. The smallest absolute Gasteiger partial charge is 0.326 e. The van der Waals surface area contributed by atoms with Gasteiger partial charge in [0, 0.05) is 5.38 Å². The van der Waals surface area contributed by atoms with Crippen molar-refractivity contribution in [2.24, 2.45) is 11.1 Å². The molecule has 0 radical (unpaired) electrons. The van der Waals surface area contributed by atoms with Crippen LogP contribution in [0, 0.1) is 5.41 Å². The second kappa shape index (κ2) is 5.66. The molecule has 1 unspecified atom stereocenters. The third-order valence-electron chi connectivity index (χ3n) is 2.53. The first kappa shape index (κ1) is 15.6. The number of nitrogens with zero attached hydrogens (tertiary/aromatic N) is 1. The molecule has 19 heavy (non-hydrogen) atoms. The molecule has 0 aromatic carbocycles. The Morgan fingerprint density at radius 3 is 2.42 bits per heavy atom. The van der Waals surface area contributed by atoms with Crippen molar-refractivity contribution in [3.8, 4) is 0 Å². The minimum Gasteiger partial charge on any atom is -0.480 e. The molecule has 6 nitrogen and oxygen atoms in total. The molecule has 0 saturated carbocycles. The normalized spacial score (nSPS) is 14.8. The monoisotopic (exact) mass is 285 g/mol. The number of amides is 1. The second-order valence-electron chi connectivity index (χ2n) is 5.47. The van der Waals surface area contributed by atoms with E-state index >= 15 is 0 Å². The minimum atomic E-state index is -1.07. The van der Waals surface area contributed by atoms with Crippen LogP contribution in [0.4, 0.5) is 0 Å². The van der Waals surface area contributed by atoms with Gasteiger partial charge in [-0.1, -0.05) is 20.8 Å². The zero-order valence-corrected chi connectivity index (χ0v) is 12.2. The van der Waals surface area contributed by atoms with Crippen LogP contribution in [0.1, 0.15) is 49.2 Å². The first-order valence-corrected chi connectivity index (χ1v) is 6.75. The molecule has 0 spiro atoms. The number of hydrogen-bond acceptors (Lipinski definition) is 5. The van der Waals surface area contributed by atoms with Crippen molar-refractivity contribution >= 4 is 23.2 Å². The molecule has 0 aliphatic carbocycles. The lowest BCUT2D eigenvalue weighted by Gasteiger charge is -2.27. The number of nitrogens with two attached hydrogens (primary N) is 1. The molecule has 1 heterocycles. The Kier molecular flexibility index (Phi) is 4.65. The zero-order valence-electron chi connectivity index (χ0n) is 11.4. The van der Waals surface area contributed by atoms with E-state index in [0.717, 1.165) is 0 Å². The Labute approximate surface area is 116 Å². The fraction of sp³-hybridized carbons (Fsp3) is 0.583. The van der Waals surface area contributed by atoms with Crippen molar-refractivity contribution < 1.29 is 14.7 Å². The highest BCUT2D eigenvalue weighted by Crippen LogP contribution is 2.21. The van der Waals surface area contributed by atoms with E-state index in [2.05, 4.69) is 10.3 Å². The third-order valence-corrected chi connectivity index (χ3v) is 3.58. The number of aliphatic carboxylic acids is 1. The van der Waals surface area contributed by atoms with Gasteiger partial charge >= 0.3 is 5.97 Å². The van der Waals surface area contributed by atoms with Crippen LogP contribution in [0.3, 0.4) is 0 Å². The van der Waals surface area contributed by atoms with Gasteiger partial charge in [-0.25, -0.2) is 9.78 Å². The van der Waals surface area contributed by atoms with Crippen LogP contribution < -0.4 is 11.1 Å². The first-order chi connectivity index (χ1) is 8.62. The Balaban J connectivity index is 2.85. The molecule has 106 valence electrons. The fourth-order valence-electron chi connectivity index (χ4n) is 1.45. The number of hydrogen-bond donors (Lipinski definition) is 3. The van der Waals surface area contributed by atoms with E-state index in [-0.39, 0.29) is 11.7 Å². The van der Waals surface area contributed by atoms with Crippen LogP contribution in [-0.2, 0) is 4.79 Å². The van der Waals surface area contributed by atoms with Crippen molar-refractivity contribution in [2.75, 3.05) is 0 Å². The van der Waals surface area contributed by atoms with Gasteiger partial charge in [-0.3, -0.25) is 4.79 Å².